The van der Waals surface area contributed by atoms with Crippen molar-refractivity contribution in [2.45, 2.75) is 71.1 Å². The molecule has 13 heteroatoms. The van der Waals surface area contributed by atoms with Crippen LogP contribution < -0.4 is 24.8 Å². The van der Waals surface area contributed by atoms with Gasteiger partial charge >= 0.3 is 12.1 Å². The van der Waals surface area contributed by atoms with Crippen LogP contribution in [0.2, 0.25) is 0 Å². The first-order valence-electron chi connectivity index (χ1n) is 13.0. The van der Waals surface area contributed by atoms with Crippen LogP contribution in [0.3, 0.4) is 0 Å². The molecule has 0 fully saturated rings. The average molecular weight is 586 g/mol. The number of amides is 3. The number of nitrogens with one attached hydrogen (secondary N) is 2. The summed E-state index contributed by atoms with van der Waals surface area (Å²) in [4.78, 5) is 51.4. The fourth-order valence-corrected chi connectivity index (χ4v) is 3.96. The number of carbonyl (C=O) groups is 4. The molecule has 0 spiro atoms. The normalized spacial score (nSPS) is 11.7. The van der Waals surface area contributed by atoms with Crippen molar-refractivity contribution in [1.82, 2.24) is 15.5 Å². The van der Waals surface area contributed by atoms with Gasteiger partial charge in [0.05, 0.1) is 39.9 Å². The van der Waals surface area contributed by atoms with Crippen LogP contribution in [0, 0.1) is 0 Å². The van der Waals surface area contributed by atoms with Gasteiger partial charge in [-0.1, -0.05) is 6.42 Å². The Balaban J connectivity index is 3.27. The smallest absolute Gasteiger partial charge is 0.407 e. The number of nitrogens with zero attached hydrogens (tertiary/aromatic N) is 1. The number of hydrogen-bond donors (Lipinski definition) is 4. The predicted molar refractivity (Wildman–Crippen MR) is 152 cm³/mol. The molecule has 1 aromatic rings. The van der Waals surface area contributed by atoms with Crippen LogP contribution in [-0.4, -0.2) is 85.7 Å². The number of ether oxygens (including phenoxy) is 4. The van der Waals surface area contributed by atoms with Gasteiger partial charge in [0.15, 0.2) is 0 Å². The highest BCUT2D eigenvalue weighted by Crippen LogP contribution is 2.35. The Morgan fingerprint density at radius 3 is 2.12 bits per heavy atom. The minimum Gasteiger partial charge on any atom is -0.496 e. The first kappa shape index (κ1) is 34.7. The molecule has 0 bridgehead atoms. The third kappa shape index (κ3) is 12.7. The number of rotatable bonds is 17. The maximum absolute atomic E-state index is 13.7. The molecule has 0 radical (unpaired) electrons. The number of benzene rings is 1. The summed E-state index contributed by atoms with van der Waals surface area (Å²) < 4.78 is 21.6. The van der Waals surface area contributed by atoms with Gasteiger partial charge < -0.3 is 39.6 Å². The molecule has 0 saturated carbocycles. The second-order valence-electron chi connectivity index (χ2n) is 9.95. The first-order chi connectivity index (χ1) is 18.8. The molecule has 226 valence electrons. The summed E-state index contributed by atoms with van der Waals surface area (Å²) in [6, 6.07) is 1.92. The summed E-state index contributed by atoms with van der Waals surface area (Å²) in [5, 5.41) is 14.7. The van der Waals surface area contributed by atoms with E-state index in [4.69, 9.17) is 18.9 Å². The lowest BCUT2D eigenvalue weighted by atomic mass is 10.1. The van der Waals surface area contributed by atoms with Gasteiger partial charge in [-0.3, -0.25) is 14.4 Å². The fraction of sp³-hybridized carbons (Fsp3) is 0.630. The Labute approximate surface area is 241 Å². The SMILES string of the molecule is COc1cc(OC)c(CN(CCNC(=O)OC(C)(C)C)C(=O)[C@H](CC(=O)O)NC(=O)CCCCCS)c(OC)c1. The molecule has 0 heterocycles. The van der Waals surface area contributed by atoms with E-state index in [0.29, 0.717) is 35.0 Å². The van der Waals surface area contributed by atoms with E-state index in [1.54, 1.807) is 32.9 Å². The molecule has 0 unspecified atom stereocenters. The van der Waals surface area contributed by atoms with Crippen LogP contribution >= 0.6 is 12.6 Å². The number of carboxylic acids is 1. The third-order valence-electron chi connectivity index (χ3n) is 5.60. The Morgan fingerprint density at radius 1 is 1.00 bits per heavy atom. The number of carbonyl (C=O) groups excluding carboxylic acids is 3. The monoisotopic (exact) mass is 585 g/mol. The van der Waals surface area contributed by atoms with Gasteiger partial charge in [-0.05, 0) is 39.4 Å². The maximum atomic E-state index is 13.7. The predicted octanol–water partition coefficient (Wildman–Crippen LogP) is 3.02. The van der Waals surface area contributed by atoms with Crippen LogP contribution in [0.15, 0.2) is 12.1 Å². The van der Waals surface area contributed by atoms with Crippen molar-refractivity contribution in [2.24, 2.45) is 0 Å². The molecule has 40 heavy (non-hydrogen) atoms. The highest BCUT2D eigenvalue weighted by atomic mass is 32.1. The topological polar surface area (TPSA) is 153 Å². The van der Waals surface area contributed by atoms with Crippen molar-refractivity contribution in [2.75, 3.05) is 40.2 Å². The molecule has 3 N–H and O–H groups in total. The van der Waals surface area contributed by atoms with Crippen molar-refractivity contribution in [3.63, 3.8) is 0 Å². The van der Waals surface area contributed by atoms with Gasteiger partial charge in [0.2, 0.25) is 11.8 Å². The van der Waals surface area contributed by atoms with E-state index in [1.807, 2.05) is 0 Å². The molecule has 0 aliphatic heterocycles. The number of alkyl carbamates (subject to hydrolysis) is 1. The lowest BCUT2D eigenvalue weighted by molar-refractivity contribution is -0.144. The largest absolute Gasteiger partial charge is 0.496 e. The molecule has 0 saturated heterocycles. The summed E-state index contributed by atoms with van der Waals surface area (Å²) in [7, 11) is 4.40. The molecule has 3 amide bonds. The van der Waals surface area contributed by atoms with Crippen LogP contribution in [0.1, 0.15) is 58.4 Å². The summed E-state index contributed by atoms with van der Waals surface area (Å²) >= 11 is 4.15. The van der Waals surface area contributed by atoms with E-state index in [2.05, 4.69) is 23.3 Å². The molecule has 0 aliphatic carbocycles. The van der Waals surface area contributed by atoms with Crippen molar-refractivity contribution in [3.05, 3.63) is 17.7 Å². The summed E-state index contributed by atoms with van der Waals surface area (Å²) in [5.74, 6) is -0.403. The van der Waals surface area contributed by atoms with Crippen molar-refractivity contribution in [1.29, 1.82) is 0 Å². The van der Waals surface area contributed by atoms with Gasteiger partial charge in [-0.15, -0.1) is 0 Å². The van der Waals surface area contributed by atoms with Gasteiger partial charge in [0.1, 0.15) is 28.9 Å². The van der Waals surface area contributed by atoms with E-state index >= 15 is 0 Å². The molecule has 1 rings (SSSR count). The minimum atomic E-state index is -1.33. The van der Waals surface area contributed by atoms with E-state index in [9.17, 15) is 24.3 Å². The quantitative estimate of drug-likeness (QED) is 0.160. The van der Waals surface area contributed by atoms with E-state index in [1.165, 1.54) is 26.2 Å². The number of unbranched alkanes of at least 4 members (excludes halogenated alkanes) is 2. The average Bonchev–Trinajstić information content (AvgIpc) is 2.88. The van der Waals surface area contributed by atoms with Gasteiger partial charge in [-0.2, -0.15) is 12.6 Å². The fourth-order valence-electron chi connectivity index (χ4n) is 3.73. The standard InChI is InChI=1S/C27H43N3O9S/c1-27(2,3)39-26(35)28-11-12-30(17-19-21(37-5)14-18(36-4)15-22(19)38-6)25(34)20(16-24(32)33)29-23(31)10-8-7-9-13-40/h14-15,20,40H,7-13,16-17H2,1-6H3,(H,28,35)(H,29,31)(H,32,33)/t20-/m0/s1. The third-order valence-corrected chi connectivity index (χ3v) is 5.92. The van der Waals surface area contributed by atoms with Crippen molar-refractivity contribution in [3.8, 4) is 17.2 Å². The summed E-state index contributed by atoms with van der Waals surface area (Å²) in [6.07, 6.45) is 1.08. The zero-order valence-corrected chi connectivity index (χ0v) is 25.1. The zero-order chi connectivity index (χ0) is 30.3. The minimum absolute atomic E-state index is 0.00109. The molecule has 1 aromatic carbocycles. The molecule has 0 aromatic heterocycles. The first-order valence-corrected chi connectivity index (χ1v) is 13.6. The van der Waals surface area contributed by atoms with Crippen LogP contribution in [0.25, 0.3) is 0 Å². The highest BCUT2D eigenvalue weighted by molar-refractivity contribution is 7.80. The highest BCUT2D eigenvalue weighted by Gasteiger charge is 2.30. The van der Waals surface area contributed by atoms with Crippen LogP contribution in [-0.2, 0) is 25.7 Å². The zero-order valence-electron chi connectivity index (χ0n) is 24.2. The lowest BCUT2D eigenvalue weighted by Crippen LogP contribution is -2.51. The molecular formula is C27H43N3O9S. The Bertz CT molecular complexity index is 973. The Kier molecular flexibility index (Phi) is 15.1. The Morgan fingerprint density at radius 2 is 1.62 bits per heavy atom. The number of thiol groups is 1. The second kappa shape index (κ2) is 17.4. The number of aliphatic carboxylic acids is 1. The van der Waals surface area contributed by atoms with Gasteiger partial charge in [0, 0.05) is 31.6 Å². The number of methoxy groups -OCH3 is 3. The van der Waals surface area contributed by atoms with Crippen LogP contribution in [0.5, 0.6) is 17.2 Å². The molecular weight excluding hydrogens is 542 g/mol. The maximum Gasteiger partial charge on any atom is 0.407 e. The van der Waals surface area contributed by atoms with Crippen LogP contribution in [0.4, 0.5) is 4.79 Å². The lowest BCUT2D eigenvalue weighted by Gasteiger charge is -2.29. The molecule has 1 atom stereocenters. The second-order valence-corrected chi connectivity index (χ2v) is 10.4. The van der Waals surface area contributed by atoms with Crippen molar-refractivity contribution < 1.29 is 43.2 Å². The number of hydrogen-bond acceptors (Lipinski definition) is 9. The Hall–Kier alpha value is -3.35. The molecule has 12 nitrogen and oxygen atoms in total. The van der Waals surface area contributed by atoms with Crippen molar-refractivity contribution >= 4 is 36.5 Å². The number of carboxylic acid groups (broad SMARTS) is 1. The summed E-state index contributed by atoms with van der Waals surface area (Å²) in [6.45, 7) is 5.08. The van der Waals surface area contributed by atoms with E-state index in [0.717, 1.165) is 12.8 Å². The molecule has 0 aliphatic rings. The van der Waals surface area contributed by atoms with Gasteiger partial charge in [-0.25, -0.2) is 4.79 Å². The van der Waals surface area contributed by atoms with Gasteiger partial charge in [0.25, 0.3) is 0 Å². The summed E-state index contributed by atoms with van der Waals surface area (Å²) in [5.41, 5.74) is -0.226. The van der Waals surface area contributed by atoms with E-state index in [-0.39, 0.29) is 26.1 Å². The van der Waals surface area contributed by atoms with E-state index < -0.39 is 41.9 Å².